The van der Waals surface area contributed by atoms with Gasteiger partial charge in [0.2, 0.25) is 0 Å². The minimum Gasteiger partial charge on any atom is -0.366 e. The van der Waals surface area contributed by atoms with Gasteiger partial charge in [0.25, 0.3) is 0 Å². The minimum atomic E-state index is -0.0221. The molecule has 3 nitrogen and oxygen atoms in total. The van der Waals surface area contributed by atoms with Gasteiger partial charge in [-0.05, 0) is 68.3 Å². The maximum Gasteiger partial charge on any atom is 0.158 e. The van der Waals surface area contributed by atoms with Crippen LogP contribution in [-0.4, -0.2) is 29.2 Å². The number of hydrogen-bond donors (Lipinski definition) is 0. The van der Waals surface area contributed by atoms with E-state index in [0.717, 1.165) is 31.3 Å². The van der Waals surface area contributed by atoms with Gasteiger partial charge in [0.05, 0.1) is 23.4 Å². The summed E-state index contributed by atoms with van der Waals surface area (Å²) in [6.45, 7) is 15.7. The molecule has 0 aromatic carbocycles. The Bertz CT molecular complexity index is 594. The fourth-order valence-electron chi connectivity index (χ4n) is 6.03. The second kappa shape index (κ2) is 4.94. The number of epoxide rings is 2. The van der Waals surface area contributed by atoms with Crippen molar-refractivity contribution in [2.24, 2.45) is 23.2 Å². The highest BCUT2D eigenvalue weighted by molar-refractivity contribution is 5.96. The van der Waals surface area contributed by atoms with Crippen LogP contribution in [0, 0.1) is 23.2 Å². The van der Waals surface area contributed by atoms with Crippen molar-refractivity contribution < 1.29 is 14.3 Å². The zero-order valence-electron chi connectivity index (χ0n) is 15.9. The van der Waals surface area contributed by atoms with E-state index < -0.39 is 0 Å². The Kier molecular flexibility index (Phi) is 3.46. The zero-order chi connectivity index (χ0) is 17.5. The number of carbonyl (C=O) groups excluding carboxylic acids is 1. The van der Waals surface area contributed by atoms with E-state index in [0.29, 0.717) is 30.5 Å². The second-order valence-corrected chi connectivity index (χ2v) is 9.94. The first kappa shape index (κ1) is 16.8. The highest BCUT2D eigenvalue weighted by Crippen LogP contribution is 2.58. The molecule has 7 atom stereocenters. The van der Waals surface area contributed by atoms with Crippen molar-refractivity contribution in [2.45, 2.75) is 90.1 Å². The number of Topliss-reactive ketones (excluding diaryl/α,β-unsaturated/α-hetero) is 1. The summed E-state index contributed by atoms with van der Waals surface area (Å²) in [5.74, 6) is 1.32. The topological polar surface area (TPSA) is 42.1 Å². The van der Waals surface area contributed by atoms with Crippen LogP contribution in [0.1, 0.15) is 66.7 Å². The smallest absolute Gasteiger partial charge is 0.158 e. The first-order chi connectivity index (χ1) is 11.1. The summed E-state index contributed by atoms with van der Waals surface area (Å²) in [4.78, 5) is 12.7. The SMILES string of the molecule is C=C1C(=O)CC2CC3OC3(C)CCC3OC3(C)C[C@H](C)C1C2(C)C. The van der Waals surface area contributed by atoms with Gasteiger partial charge < -0.3 is 9.47 Å². The van der Waals surface area contributed by atoms with Crippen molar-refractivity contribution in [3.8, 4) is 0 Å². The zero-order valence-corrected chi connectivity index (χ0v) is 15.9. The van der Waals surface area contributed by atoms with Crippen molar-refractivity contribution in [2.75, 3.05) is 0 Å². The lowest BCUT2D eigenvalue weighted by atomic mass is 9.55. The van der Waals surface area contributed by atoms with E-state index in [4.69, 9.17) is 9.47 Å². The summed E-state index contributed by atoms with van der Waals surface area (Å²) in [7, 11) is 0. The van der Waals surface area contributed by atoms with Gasteiger partial charge in [0.15, 0.2) is 5.78 Å². The molecule has 0 radical (unpaired) electrons. The van der Waals surface area contributed by atoms with E-state index in [1.54, 1.807) is 0 Å². The van der Waals surface area contributed by atoms with E-state index in [2.05, 4.69) is 41.2 Å². The average molecular weight is 332 g/mol. The summed E-state index contributed by atoms with van der Waals surface area (Å²) in [6.07, 6.45) is 5.49. The molecule has 4 fully saturated rings. The lowest BCUT2D eigenvalue weighted by Crippen LogP contribution is -2.46. The van der Waals surface area contributed by atoms with Crippen LogP contribution in [0.2, 0.25) is 0 Å². The fraction of sp³-hybridized carbons (Fsp3) is 0.857. The number of rotatable bonds is 0. The largest absolute Gasteiger partial charge is 0.366 e. The van der Waals surface area contributed by atoms with Gasteiger partial charge in [-0.3, -0.25) is 4.79 Å². The third-order valence-electron chi connectivity index (χ3n) is 7.79. The summed E-state index contributed by atoms with van der Waals surface area (Å²) in [5, 5.41) is 0. The molecule has 0 spiro atoms. The van der Waals surface area contributed by atoms with Crippen molar-refractivity contribution in [3.05, 3.63) is 12.2 Å². The Balaban J connectivity index is 1.68. The molecule has 4 aliphatic rings. The molecule has 0 aromatic heterocycles. The lowest BCUT2D eigenvalue weighted by Gasteiger charge is -2.48. The number of allylic oxidation sites excluding steroid dienone is 1. The molecule has 2 aliphatic carbocycles. The summed E-state index contributed by atoms with van der Waals surface area (Å²) < 4.78 is 12.2. The molecule has 6 unspecified atom stereocenters. The predicted molar refractivity (Wildman–Crippen MR) is 93.7 cm³/mol. The van der Waals surface area contributed by atoms with Crippen LogP contribution in [0.25, 0.3) is 0 Å². The molecule has 2 bridgehead atoms. The molecule has 2 saturated heterocycles. The number of ether oxygens (including phenoxy) is 2. The first-order valence-corrected chi connectivity index (χ1v) is 9.64. The Morgan fingerprint density at radius 1 is 1.08 bits per heavy atom. The molecule has 2 saturated carbocycles. The molecule has 3 heteroatoms. The van der Waals surface area contributed by atoms with E-state index in [9.17, 15) is 4.79 Å². The van der Waals surface area contributed by atoms with Gasteiger partial charge in [-0.1, -0.05) is 27.4 Å². The third kappa shape index (κ3) is 2.42. The van der Waals surface area contributed by atoms with Crippen LogP contribution >= 0.6 is 0 Å². The van der Waals surface area contributed by atoms with Gasteiger partial charge in [0.1, 0.15) is 0 Å². The van der Waals surface area contributed by atoms with Crippen molar-refractivity contribution in [1.29, 1.82) is 0 Å². The summed E-state index contributed by atoms with van der Waals surface area (Å²) in [5.41, 5.74) is 0.907. The standard InChI is InChI=1S/C21H32O3/c1-12-11-21(6)16(23-21)7-8-20(5)17(24-20)10-14-9-15(22)13(2)18(12)19(14,3)4/h12,14,16-18H,2,7-11H2,1,3-6H3/t12-,14?,16?,17?,18?,20?,21?/m0/s1. The first-order valence-electron chi connectivity index (χ1n) is 9.64. The van der Waals surface area contributed by atoms with Gasteiger partial charge in [-0.2, -0.15) is 0 Å². The van der Waals surface area contributed by atoms with Crippen LogP contribution in [0.3, 0.4) is 0 Å². The van der Waals surface area contributed by atoms with Crippen LogP contribution in [0.15, 0.2) is 12.2 Å². The highest BCUT2D eigenvalue weighted by atomic mass is 16.6. The molecule has 4 rings (SSSR count). The Morgan fingerprint density at radius 3 is 2.46 bits per heavy atom. The van der Waals surface area contributed by atoms with Crippen LogP contribution in [0.4, 0.5) is 0 Å². The predicted octanol–water partition coefficient (Wildman–Crippen LogP) is 4.30. The number of fused-ring (bicyclic) bond motifs is 4. The monoisotopic (exact) mass is 332 g/mol. The molecular formula is C21H32O3. The quantitative estimate of drug-likeness (QED) is 0.490. The van der Waals surface area contributed by atoms with Gasteiger partial charge >= 0.3 is 0 Å². The van der Waals surface area contributed by atoms with E-state index in [-0.39, 0.29) is 28.3 Å². The third-order valence-corrected chi connectivity index (χ3v) is 7.79. The molecule has 2 aliphatic heterocycles. The fourth-order valence-corrected chi connectivity index (χ4v) is 6.03. The summed E-state index contributed by atoms with van der Waals surface area (Å²) in [6, 6.07) is 0. The van der Waals surface area contributed by atoms with Crippen molar-refractivity contribution >= 4 is 5.78 Å². The van der Waals surface area contributed by atoms with E-state index in [1.165, 1.54) is 0 Å². The number of hydrogen-bond acceptors (Lipinski definition) is 3. The molecule has 0 N–H and O–H groups in total. The number of ketones is 1. The van der Waals surface area contributed by atoms with E-state index in [1.807, 2.05) is 0 Å². The molecule has 2 heterocycles. The Morgan fingerprint density at radius 2 is 1.75 bits per heavy atom. The molecule has 0 aromatic rings. The maximum absolute atomic E-state index is 12.7. The highest BCUT2D eigenvalue weighted by Gasteiger charge is 2.60. The lowest BCUT2D eigenvalue weighted by molar-refractivity contribution is -0.123. The summed E-state index contributed by atoms with van der Waals surface area (Å²) >= 11 is 0. The average Bonchev–Trinajstić information content (AvgIpc) is 3.30. The Labute approximate surface area is 146 Å². The van der Waals surface area contributed by atoms with Gasteiger partial charge in [-0.25, -0.2) is 0 Å². The minimum absolute atomic E-state index is 0.000748. The maximum atomic E-state index is 12.7. The van der Waals surface area contributed by atoms with Crippen molar-refractivity contribution in [1.82, 2.24) is 0 Å². The molecule has 24 heavy (non-hydrogen) atoms. The van der Waals surface area contributed by atoms with Gasteiger partial charge in [-0.15, -0.1) is 0 Å². The van der Waals surface area contributed by atoms with Gasteiger partial charge in [0, 0.05) is 6.42 Å². The molecule has 0 amide bonds. The van der Waals surface area contributed by atoms with Crippen LogP contribution < -0.4 is 0 Å². The number of carbonyl (C=O) groups is 1. The normalized spacial score (nSPS) is 53.3. The van der Waals surface area contributed by atoms with Crippen LogP contribution in [0.5, 0.6) is 0 Å². The van der Waals surface area contributed by atoms with Crippen LogP contribution in [-0.2, 0) is 14.3 Å². The second-order valence-electron chi connectivity index (χ2n) is 9.94. The molecule has 134 valence electrons. The van der Waals surface area contributed by atoms with E-state index >= 15 is 0 Å². The molecular weight excluding hydrogens is 300 g/mol. The Hall–Kier alpha value is -0.670. The van der Waals surface area contributed by atoms with Crippen molar-refractivity contribution in [3.63, 3.8) is 0 Å².